The number of aromatic nitrogens is 4. The van der Waals surface area contributed by atoms with E-state index in [2.05, 4.69) is 20.8 Å². The highest BCUT2D eigenvalue weighted by molar-refractivity contribution is 7.99. The zero-order chi connectivity index (χ0) is 18.4. The van der Waals surface area contributed by atoms with Crippen LogP contribution in [-0.2, 0) is 4.79 Å². The fourth-order valence-corrected chi connectivity index (χ4v) is 4.05. The maximum atomic E-state index is 12.1. The van der Waals surface area contributed by atoms with Gasteiger partial charge in [0.05, 0.1) is 11.7 Å². The molecule has 26 heavy (non-hydrogen) atoms. The van der Waals surface area contributed by atoms with Crippen molar-refractivity contribution in [2.45, 2.75) is 56.6 Å². The quantitative estimate of drug-likeness (QED) is 0.433. The van der Waals surface area contributed by atoms with Crippen LogP contribution >= 0.6 is 11.8 Å². The third kappa shape index (κ3) is 4.69. The molecule has 0 atom stereocenters. The summed E-state index contributed by atoms with van der Waals surface area (Å²) >= 11 is 1.59. The molecule has 1 aliphatic carbocycles. The molecule has 0 spiro atoms. The predicted octanol–water partition coefficient (Wildman–Crippen LogP) is 3.50. The number of hydrogen-bond donors (Lipinski definition) is 1. The van der Waals surface area contributed by atoms with Gasteiger partial charge in [0.15, 0.2) is 5.78 Å². The van der Waals surface area contributed by atoms with Crippen LogP contribution in [0.25, 0.3) is 0 Å². The first-order chi connectivity index (χ1) is 12.6. The van der Waals surface area contributed by atoms with Gasteiger partial charge >= 0.3 is 0 Å². The van der Waals surface area contributed by atoms with Crippen LogP contribution in [0.5, 0.6) is 0 Å². The minimum absolute atomic E-state index is 0.0600. The van der Waals surface area contributed by atoms with Gasteiger partial charge in [0.25, 0.3) is 0 Å². The molecule has 138 valence electrons. The van der Waals surface area contributed by atoms with Crippen LogP contribution in [0, 0.1) is 0 Å². The van der Waals surface area contributed by atoms with Crippen LogP contribution in [0.2, 0.25) is 0 Å². The standard InChI is InChI=1S/C18H23N5O2S/c1-13(24)15-9-4-5-10-16(15)19-17(25)11-6-12-26-18-20-21-22-23(18)14-7-2-3-8-14/h4-5,9-10,14H,2-3,6-8,11-12H2,1H3,(H,19,25). The Kier molecular flexibility index (Phi) is 6.38. The van der Waals surface area contributed by atoms with Gasteiger partial charge < -0.3 is 5.32 Å². The van der Waals surface area contributed by atoms with Crippen molar-refractivity contribution in [2.75, 3.05) is 11.1 Å². The number of Topliss-reactive ketones (excluding diaryl/α,β-unsaturated/α-hetero) is 1. The van der Waals surface area contributed by atoms with E-state index in [1.165, 1.54) is 19.8 Å². The van der Waals surface area contributed by atoms with Gasteiger partial charge in [-0.25, -0.2) is 4.68 Å². The predicted molar refractivity (Wildman–Crippen MR) is 100 cm³/mol. The Morgan fingerprint density at radius 2 is 2.04 bits per heavy atom. The number of nitrogens with one attached hydrogen (secondary N) is 1. The molecule has 8 heteroatoms. The summed E-state index contributed by atoms with van der Waals surface area (Å²) in [4.78, 5) is 23.8. The Morgan fingerprint density at radius 3 is 2.81 bits per heavy atom. The topological polar surface area (TPSA) is 89.8 Å². The van der Waals surface area contributed by atoms with Gasteiger partial charge in [-0.05, 0) is 48.7 Å². The summed E-state index contributed by atoms with van der Waals surface area (Å²) in [5.74, 6) is 0.624. The summed E-state index contributed by atoms with van der Waals surface area (Å²) in [6.45, 7) is 1.50. The summed E-state index contributed by atoms with van der Waals surface area (Å²) in [5.41, 5.74) is 1.11. The normalized spacial score (nSPS) is 14.5. The van der Waals surface area contributed by atoms with Crippen molar-refractivity contribution in [3.63, 3.8) is 0 Å². The molecule has 1 aromatic carbocycles. The average molecular weight is 373 g/mol. The number of ketones is 1. The number of hydrogen-bond acceptors (Lipinski definition) is 6. The number of anilines is 1. The first-order valence-corrected chi connectivity index (χ1v) is 9.94. The van der Waals surface area contributed by atoms with E-state index < -0.39 is 0 Å². The van der Waals surface area contributed by atoms with E-state index in [9.17, 15) is 9.59 Å². The lowest BCUT2D eigenvalue weighted by Gasteiger charge is -2.11. The smallest absolute Gasteiger partial charge is 0.224 e. The molecule has 1 fully saturated rings. The molecule has 0 unspecified atom stereocenters. The number of para-hydroxylation sites is 1. The highest BCUT2D eigenvalue weighted by atomic mass is 32.2. The third-order valence-corrected chi connectivity index (χ3v) is 5.51. The number of rotatable bonds is 8. The van der Waals surface area contributed by atoms with Crippen molar-refractivity contribution in [1.82, 2.24) is 20.2 Å². The molecule has 0 aliphatic heterocycles. The van der Waals surface area contributed by atoms with E-state index in [-0.39, 0.29) is 11.7 Å². The van der Waals surface area contributed by atoms with Crippen molar-refractivity contribution in [2.24, 2.45) is 0 Å². The average Bonchev–Trinajstić information content (AvgIpc) is 3.30. The number of thioether (sulfide) groups is 1. The SMILES string of the molecule is CC(=O)c1ccccc1NC(=O)CCCSc1nnnn1C1CCCC1. The molecule has 0 bridgehead atoms. The highest BCUT2D eigenvalue weighted by Crippen LogP contribution is 2.31. The zero-order valence-electron chi connectivity index (χ0n) is 14.9. The van der Waals surface area contributed by atoms with E-state index in [1.807, 2.05) is 4.68 Å². The van der Waals surface area contributed by atoms with Crippen molar-refractivity contribution in [3.05, 3.63) is 29.8 Å². The van der Waals surface area contributed by atoms with Crippen LogP contribution in [0.3, 0.4) is 0 Å². The second-order valence-electron chi connectivity index (χ2n) is 6.45. The number of tetrazole rings is 1. The maximum absolute atomic E-state index is 12.1. The van der Waals surface area contributed by atoms with Gasteiger partial charge in [0.1, 0.15) is 0 Å². The van der Waals surface area contributed by atoms with Gasteiger partial charge in [-0.15, -0.1) is 5.10 Å². The van der Waals surface area contributed by atoms with Gasteiger partial charge in [-0.1, -0.05) is 36.7 Å². The number of carbonyl (C=O) groups excluding carboxylic acids is 2. The minimum atomic E-state index is -0.0883. The van der Waals surface area contributed by atoms with Gasteiger partial charge in [-0.3, -0.25) is 9.59 Å². The van der Waals surface area contributed by atoms with E-state index in [0.717, 1.165) is 30.2 Å². The van der Waals surface area contributed by atoms with Crippen molar-refractivity contribution >= 4 is 29.1 Å². The number of amides is 1. The highest BCUT2D eigenvalue weighted by Gasteiger charge is 2.21. The molecular formula is C18H23N5O2S. The van der Waals surface area contributed by atoms with Gasteiger partial charge in [0, 0.05) is 17.7 Å². The summed E-state index contributed by atoms with van der Waals surface area (Å²) in [5, 5.41) is 15.7. The van der Waals surface area contributed by atoms with E-state index in [4.69, 9.17) is 0 Å². The maximum Gasteiger partial charge on any atom is 0.224 e. The second kappa shape index (κ2) is 8.93. The Labute approximate surface area is 156 Å². The van der Waals surface area contributed by atoms with Crippen LogP contribution in [0.4, 0.5) is 5.69 Å². The Hall–Kier alpha value is -2.22. The van der Waals surface area contributed by atoms with Crippen LogP contribution in [0.1, 0.15) is 61.8 Å². The van der Waals surface area contributed by atoms with Crippen molar-refractivity contribution < 1.29 is 9.59 Å². The van der Waals surface area contributed by atoms with Crippen molar-refractivity contribution in [1.29, 1.82) is 0 Å². The van der Waals surface area contributed by atoms with E-state index in [0.29, 0.717) is 23.7 Å². The first-order valence-electron chi connectivity index (χ1n) is 8.95. The van der Waals surface area contributed by atoms with Gasteiger partial charge in [0.2, 0.25) is 11.1 Å². The Bertz CT molecular complexity index is 770. The lowest BCUT2D eigenvalue weighted by Crippen LogP contribution is -2.14. The summed E-state index contributed by atoms with van der Waals surface area (Å²) in [6, 6.07) is 7.48. The fraction of sp³-hybridized carbons (Fsp3) is 0.500. The van der Waals surface area contributed by atoms with Crippen LogP contribution in [-0.4, -0.2) is 37.7 Å². The Morgan fingerprint density at radius 1 is 1.27 bits per heavy atom. The second-order valence-corrected chi connectivity index (χ2v) is 7.51. The first kappa shape index (κ1) is 18.6. The number of carbonyl (C=O) groups is 2. The van der Waals surface area contributed by atoms with Gasteiger partial charge in [-0.2, -0.15) is 0 Å². The monoisotopic (exact) mass is 373 g/mol. The molecule has 1 aromatic heterocycles. The lowest BCUT2D eigenvalue weighted by atomic mass is 10.1. The van der Waals surface area contributed by atoms with Crippen molar-refractivity contribution in [3.8, 4) is 0 Å². The summed E-state index contributed by atoms with van der Waals surface area (Å²) < 4.78 is 1.93. The molecule has 0 saturated heterocycles. The molecular weight excluding hydrogens is 350 g/mol. The fourth-order valence-electron chi connectivity index (χ4n) is 3.17. The molecule has 7 nitrogen and oxygen atoms in total. The zero-order valence-corrected chi connectivity index (χ0v) is 15.7. The molecule has 1 N–H and O–H groups in total. The third-order valence-electron chi connectivity index (χ3n) is 4.49. The molecule has 2 aromatic rings. The number of nitrogens with zero attached hydrogens (tertiary/aromatic N) is 4. The molecule has 1 saturated carbocycles. The minimum Gasteiger partial charge on any atom is -0.325 e. The molecule has 1 heterocycles. The lowest BCUT2D eigenvalue weighted by molar-refractivity contribution is -0.116. The summed E-state index contributed by atoms with van der Waals surface area (Å²) in [7, 11) is 0. The molecule has 3 rings (SSSR count). The molecule has 1 aliphatic rings. The summed E-state index contributed by atoms with van der Waals surface area (Å²) in [6.07, 6.45) is 5.85. The van der Waals surface area contributed by atoms with E-state index >= 15 is 0 Å². The molecule has 1 amide bonds. The Balaban J connectivity index is 1.45. The van der Waals surface area contributed by atoms with E-state index in [1.54, 1.807) is 36.0 Å². The largest absolute Gasteiger partial charge is 0.325 e. The molecule has 0 radical (unpaired) electrons. The van der Waals surface area contributed by atoms with Crippen LogP contribution < -0.4 is 5.32 Å². The van der Waals surface area contributed by atoms with Crippen LogP contribution in [0.15, 0.2) is 29.4 Å². The number of benzene rings is 1.